The molecular formula is C15H21FN2O4S. The summed E-state index contributed by atoms with van der Waals surface area (Å²) in [6.07, 6.45) is 2.27. The lowest BCUT2D eigenvalue weighted by Crippen LogP contribution is -2.37. The molecule has 0 aliphatic carbocycles. The molecule has 1 fully saturated rings. The smallest absolute Gasteiger partial charge is 0.303 e. The van der Waals surface area contributed by atoms with Gasteiger partial charge in [-0.05, 0) is 56.6 Å². The maximum Gasteiger partial charge on any atom is 0.303 e. The van der Waals surface area contributed by atoms with Gasteiger partial charge in [-0.1, -0.05) is 0 Å². The van der Waals surface area contributed by atoms with Gasteiger partial charge in [-0.3, -0.25) is 4.79 Å². The van der Waals surface area contributed by atoms with Crippen LogP contribution in [-0.4, -0.2) is 50.1 Å². The highest BCUT2D eigenvalue weighted by atomic mass is 32.2. The molecule has 0 spiro atoms. The highest BCUT2D eigenvalue weighted by molar-refractivity contribution is 7.89. The van der Waals surface area contributed by atoms with Crippen molar-refractivity contribution < 1.29 is 22.7 Å². The number of carboxylic acids is 1. The summed E-state index contributed by atoms with van der Waals surface area (Å²) in [5, 5.41) is 8.59. The average molecular weight is 344 g/mol. The number of benzene rings is 1. The van der Waals surface area contributed by atoms with Gasteiger partial charge in [0.05, 0.1) is 4.90 Å². The Morgan fingerprint density at radius 2 is 2.00 bits per heavy atom. The molecule has 2 N–H and O–H groups in total. The number of aliphatic carboxylic acids is 1. The Balaban J connectivity index is 1.80. The van der Waals surface area contributed by atoms with E-state index in [0.717, 1.165) is 31.6 Å². The van der Waals surface area contributed by atoms with Gasteiger partial charge < -0.3 is 10.0 Å². The quantitative estimate of drug-likeness (QED) is 0.697. The SMILES string of the molecule is O=C(O)CCCCN1CCC(NS(=O)(=O)c2ccc(F)cc2)C1. The highest BCUT2D eigenvalue weighted by Gasteiger charge is 2.26. The van der Waals surface area contributed by atoms with Crippen molar-refractivity contribution in [3.05, 3.63) is 30.1 Å². The fraction of sp³-hybridized carbons (Fsp3) is 0.533. The molecule has 0 saturated carbocycles. The molecule has 23 heavy (non-hydrogen) atoms. The molecule has 1 saturated heterocycles. The first-order chi connectivity index (χ1) is 10.9. The number of rotatable bonds is 8. The number of halogens is 1. The number of carbonyl (C=O) groups is 1. The summed E-state index contributed by atoms with van der Waals surface area (Å²) >= 11 is 0. The van der Waals surface area contributed by atoms with E-state index in [4.69, 9.17) is 5.11 Å². The molecule has 0 amide bonds. The van der Waals surface area contributed by atoms with Crippen LogP contribution in [0.4, 0.5) is 4.39 Å². The van der Waals surface area contributed by atoms with Crippen LogP contribution in [0.3, 0.4) is 0 Å². The van der Waals surface area contributed by atoms with Crippen LogP contribution < -0.4 is 4.72 Å². The van der Waals surface area contributed by atoms with Crippen LogP contribution in [0.5, 0.6) is 0 Å². The first-order valence-corrected chi connectivity index (χ1v) is 9.07. The summed E-state index contributed by atoms with van der Waals surface area (Å²) in [5.74, 6) is -1.27. The molecule has 1 aliphatic heterocycles. The van der Waals surface area contributed by atoms with E-state index < -0.39 is 21.8 Å². The number of carboxylic acid groups (broad SMARTS) is 1. The van der Waals surface area contributed by atoms with Gasteiger partial charge in [0.25, 0.3) is 0 Å². The fourth-order valence-corrected chi connectivity index (χ4v) is 3.91. The molecule has 1 aromatic carbocycles. The van der Waals surface area contributed by atoms with Crippen molar-refractivity contribution in [1.82, 2.24) is 9.62 Å². The van der Waals surface area contributed by atoms with Gasteiger partial charge in [-0.2, -0.15) is 0 Å². The second-order valence-electron chi connectivity index (χ2n) is 5.71. The zero-order chi connectivity index (χ0) is 16.9. The van der Waals surface area contributed by atoms with Crippen LogP contribution >= 0.6 is 0 Å². The van der Waals surface area contributed by atoms with Crippen LogP contribution in [0.25, 0.3) is 0 Å². The molecule has 0 radical (unpaired) electrons. The number of hydrogen-bond donors (Lipinski definition) is 2. The number of nitrogens with zero attached hydrogens (tertiary/aromatic N) is 1. The lowest BCUT2D eigenvalue weighted by molar-refractivity contribution is -0.137. The second kappa shape index (κ2) is 7.85. The monoisotopic (exact) mass is 344 g/mol. The molecule has 2 rings (SSSR count). The third-order valence-corrected chi connectivity index (χ3v) is 5.37. The van der Waals surface area contributed by atoms with E-state index in [1.807, 2.05) is 0 Å². The second-order valence-corrected chi connectivity index (χ2v) is 7.43. The molecule has 8 heteroatoms. The van der Waals surface area contributed by atoms with Gasteiger partial charge in [0.1, 0.15) is 5.82 Å². The van der Waals surface area contributed by atoms with Gasteiger partial charge in [0, 0.05) is 19.0 Å². The van der Waals surface area contributed by atoms with Crippen molar-refractivity contribution in [1.29, 1.82) is 0 Å². The minimum absolute atomic E-state index is 0.0545. The number of likely N-dealkylation sites (tertiary alicyclic amines) is 1. The molecule has 6 nitrogen and oxygen atoms in total. The molecule has 128 valence electrons. The van der Waals surface area contributed by atoms with Crippen LogP contribution in [0, 0.1) is 5.82 Å². The normalized spacial score (nSPS) is 19.1. The number of hydrogen-bond acceptors (Lipinski definition) is 4. The summed E-state index contributed by atoms with van der Waals surface area (Å²) in [7, 11) is -3.64. The first kappa shape index (κ1) is 17.8. The molecule has 1 aromatic rings. The minimum Gasteiger partial charge on any atom is -0.481 e. The molecule has 0 aromatic heterocycles. The topological polar surface area (TPSA) is 86.7 Å². The van der Waals surface area contributed by atoms with Crippen molar-refractivity contribution in [3.8, 4) is 0 Å². The fourth-order valence-electron chi connectivity index (χ4n) is 2.64. The molecule has 0 bridgehead atoms. The van der Waals surface area contributed by atoms with Crippen LogP contribution in [0.1, 0.15) is 25.7 Å². The van der Waals surface area contributed by atoms with Crippen molar-refractivity contribution >= 4 is 16.0 Å². The summed E-state index contributed by atoms with van der Waals surface area (Å²) < 4.78 is 40.0. The van der Waals surface area contributed by atoms with E-state index in [2.05, 4.69) is 9.62 Å². The Hall–Kier alpha value is -1.51. The molecular weight excluding hydrogens is 323 g/mol. The minimum atomic E-state index is -3.64. The summed E-state index contributed by atoms with van der Waals surface area (Å²) in [6.45, 7) is 2.15. The Labute approximate surface area is 135 Å². The zero-order valence-corrected chi connectivity index (χ0v) is 13.6. The number of unbranched alkanes of at least 4 members (excludes halogenated alkanes) is 1. The van der Waals surface area contributed by atoms with E-state index in [1.165, 1.54) is 12.1 Å². The van der Waals surface area contributed by atoms with E-state index in [-0.39, 0.29) is 17.4 Å². The Morgan fingerprint density at radius 1 is 1.30 bits per heavy atom. The third kappa shape index (κ3) is 5.56. The molecule has 1 atom stereocenters. The van der Waals surface area contributed by atoms with Crippen LogP contribution in [0.15, 0.2) is 29.2 Å². The number of nitrogens with one attached hydrogen (secondary N) is 1. The van der Waals surface area contributed by atoms with Gasteiger partial charge in [-0.25, -0.2) is 17.5 Å². The highest BCUT2D eigenvalue weighted by Crippen LogP contribution is 2.15. The predicted molar refractivity (Wildman–Crippen MR) is 83.1 cm³/mol. The Kier molecular flexibility index (Phi) is 6.09. The van der Waals surface area contributed by atoms with E-state index in [9.17, 15) is 17.6 Å². The summed E-state index contributed by atoms with van der Waals surface area (Å²) in [4.78, 5) is 12.6. The largest absolute Gasteiger partial charge is 0.481 e. The lowest BCUT2D eigenvalue weighted by atomic mass is 10.2. The summed E-state index contributed by atoms with van der Waals surface area (Å²) in [5.41, 5.74) is 0. The van der Waals surface area contributed by atoms with Gasteiger partial charge in [-0.15, -0.1) is 0 Å². The van der Waals surface area contributed by atoms with Crippen LogP contribution in [0.2, 0.25) is 0 Å². The molecule has 1 unspecified atom stereocenters. The van der Waals surface area contributed by atoms with E-state index in [0.29, 0.717) is 19.4 Å². The van der Waals surface area contributed by atoms with Gasteiger partial charge in [0.2, 0.25) is 10.0 Å². The zero-order valence-electron chi connectivity index (χ0n) is 12.7. The summed E-state index contributed by atoms with van der Waals surface area (Å²) in [6, 6.07) is 4.56. The van der Waals surface area contributed by atoms with E-state index >= 15 is 0 Å². The third-order valence-electron chi connectivity index (χ3n) is 3.83. The maximum absolute atomic E-state index is 12.9. The van der Waals surface area contributed by atoms with Crippen molar-refractivity contribution in [2.45, 2.75) is 36.6 Å². The van der Waals surface area contributed by atoms with Crippen LogP contribution in [-0.2, 0) is 14.8 Å². The standard InChI is InChI=1S/C15H21FN2O4S/c16-12-4-6-14(7-5-12)23(21,22)17-13-8-10-18(11-13)9-2-1-3-15(19)20/h4-7,13,17H,1-3,8-11H2,(H,19,20). The van der Waals surface area contributed by atoms with Gasteiger partial charge in [0.15, 0.2) is 0 Å². The molecule has 1 aliphatic rings. The van der Waals surface area contributed by atoms with Gasteiger partial charge >= 0.3 is 5.97 Å². The number of sulfonamides is 1. The Bertz CT molecular complexity index is 633. The van der Waals surface area contributed by atoms with Crippen molar-refractivity contribution in [3.63, 3.8) is 0 Å². The van der Waals surface area contributed by atoms with Crippen molar-refractivity contribution in [2.24, 2.45) is 0 Å². The Morgan fingerprint density at radius 3 is 2.65 bits per heavy atom. The van der Waals surface area contributed by atoms with Crippen molar-refractivity contribution in [2.75, 3.05) is 19.6 Å². The predicted octanol–water partition coefficient (Wildman–Crippen LogP) is 1.43. The maximum atomic E-state index is 12.9. The lowest BCUT2D eigenvalue weighted by Gasteiger charge is -2.16. The molecule has 1 heterocycles. The average Bonchev–Trinajstić information content (AvgIpc) is 2.90. The van der Waals surface area contributed by atoms with E-state index in [1.54, 1.807) is 0 Å². The first-order valence-electron chi connectivity index (χ1n) is 7.59.